The fraction of sp³-hybridized carbons (Fsp3) is 1.00. The molecule has 2 rings (SSSR count). The van der Waals surface area contributed by atoms with Gasteiger partial charge in [-0.25, -0.2) is 0 Å². The van der Waals surface area contributed by atoms with Crippen molar-refractivity contribution in [1.29, 1.82) is 0 Å². The summed E-state index contributed by atoms with van der Waals surface area (Å²) in [6.45, 7) is 8.76. The molecule has 0 aromatic carbocycles. The third kappa shape index (κ3) is 5.42. The number of hydrogen-bond donors (Lipinski definition) is 1. The molecule has 0 radical (unpaired) electrons. The topological polar surface area (TPSA) is 24.5 Å². The maximum atomic E-state index is 5.57. The molecule has 4 heteroatoms. The van der Waals surface area contributed by atoms with Gasteiger partial charge in [0.2, 0.25) is 0 Å². The van der Waals surface area contributed by atoms with Crippen LogP contribution in [0.5, 0.6) is 0 Å². The van der Waals surface area contributed by atoms with Crippen molar-refractivity contribution in [2.45, 2.75) is 62.7 Å². The van der Waals surface area contributed by atoms with Crippen LogP contribution in [0.15, 0.2) is 0 Å². The van der Waals surface area contributed by atoms with E-state index in [9.17, 15) is 0 Å². The normalized spacial score (nSPS) is 25.4. The van der Waals surface area contributed by atoms with Gasteiger partial charge in [0.05, 0.1) is 13.2 Å². The summed E-state index contributed by atoms with van der Waals surface area (Å²) in [6, 6.07) is 0. The molecule has 3 nitrogen and oxygen atoms in total. The van der Waals surface area contributed by atoms with Crippen LogP contribution in [-0.4, -0.2) is 61.3 Å². The summed E-state index contributed by atoms with van der Waals surface area (Å²) in [5, 5.41) is 4.56. The summed E-state index contributed by atoms with van der Waals surface area (Å²) in [7, 11) is 0. The maximum Gasteiger partial charge on any atom is 0.0594 e. The monoisotopic (exact) mass is 314 g/mol. The van der Waals surface area contributed by atoms with Crippen molar-refractivity contribution in [2.75, 3.05) is 45.6 Å². The quantitative estimate of drug-likeness (QED) is 0.576. The van der Waals surface area contributed by atoms with Crippen molar-refractivity contribution in [3.05, 3.63) is 0 Å². The molecule has 1 saturated heterocycles. The van der Waals surface area contributed by atoms with Gasteiger partial charge in [0, 0.05) is 30.4 Å². The number of nitrogens with zero attached hydrogens (tertiary/aromatic N) is 1. The van der Waals surface area contributed by atoms with E-state index in [2.05, 4.69) is 23.4 Å². The van der Waals surface area contributed by atoms with Gasteiger partial charge in [0.15, 0.2) is 0 Å². The first kappa shape index (κ1) is 17.6. The summed E-state index contributed by atoms with van der Waals surface area (Å²) in [5.74, 6) is 0. The molecule has 21 heavy (non-hydrogen) atoms. The van der Waals surface area contributed by atoms with Crippen LogP contribution in [0.25, 0.3) is 0 Å². The first-order valence-corrected chi connectivity index (χ1v) is 10.1. The third-order valence-electron chi connectivity index (χ3n) is 5.30. The van der Waals surface area contributed by atoms with E-state index in [0.29, 0.717) is 5.54 Å². The summed E-state index contributed by atoms with van der Waals surface area (Å²) in [6.07, 6.45) is 11.9. The lowest BCUT2D eigenvalue weighted by Crippen LogP contribution is -2.58. The van der Waals surface area contributed by atoms with Gasteiger partial charge in [-0.1, -0.05) is 32.6 Å². The molecule has 1 saturated carbocycles. The lowest BCUT2D eigenvalue weighted by molar-refractivity contribution is -0.0286. The molecule has 1 heterocycles. The lowest BCUT2D eigenvalue weighted by Gasteiger charge is -2.46. The second-order valence-corrected chi connectivity index (χ2v) is 8.03. The van der Waals surface area contributed by atoms with Crippen molar-refractivity contribution in [3.8, 4) is 0 Å². The van der Waals surface area contributed by atoms with Crippen molar-refractivity contribution in [1.82, 2.24) is 10.2 Å². The molecule has 0 aromatic heterocycles. The standard InChI is InChI=1S/C17H34N2OS/c1-16(21-2)7-10-18-15-17(8-5-3-4-6-9-17)19-11-13-20-14-12-19/h16,18H,3-15H2,1-2H3. The molecular formula is C17H34N2OS. The van der Waals surface area contributed by atoms with Gasteiger partial charge in [0.25, 0.3) is 0 Å². The smallest absolute Gasteiger partial charge is 0.0594 e. The molecule has 2 aliphatic rings. The molecule has 124 valence electrons. The minimum Gasteiger partial charge on any atom is -0.379 e. The highest BCUT2D eigenvalue weighted by molar-refractivity contribution is 7.99. The van der Waals surface area contributed by atoms with Crippen molar-refractivity contribution >= 4 is 11.8 Å². The van der Waals surface area contributed by atoms with Gasteiger partial charge >= 0.3 is 0 Å². The first-order valence-electron chi connectivity index (χ1n) is 8.83. The van der Waals surface area contributed by atoms with Crippen LogP contribution in [0.1, 0.15) is 51.9 Å². The van der Waals surface area contributed by atoms with E-state index in [-0.39, 0.29) is 0 Å². The Hall–Kier alpha value is 0.230. The Labute approximate surface area is 135 Å². The molecule has 1 aliphatic heterocycles. The zero-order chi connectivity index (χ0) is 15.0. The van der Waals surface area contributed by atoms with E-state index in [1.54, 1.807) is 0 Å². The molecular weight excluding hydrogens is 280 g/mol. The number of rotatable bonds is 7. The molecule has 0 spiro atoms. The Morgan fingerprint density at radius 2 is 1.81 bits per heavy atom. The molecule has 0 bridgehead atoms. The zero-order valence-corrected chi connectivity index (χ0v) is 14.8. The van der Waals surface area contributed by atoms with Crippen molar-refractivity contribution in [2.24, 2.45) is 0 Å². The molecule has 1 N–H and O–H groups in total. The van der Waals surface area contributed by atoms with Crippen LogP contribution in [-0.2, 0) is 4.74 Å². The number of morpholine rings is 1. The van der Waals surface area contributed by atoms with Gasteiger partial charge < -0.3 is 10.1 Å². The van der Waals surface area contributed by atoms with E-state index in [4.69, 9.17) is 4.74 Å². The molecule has 1 unspecified atom stereocenters. The Balaban J connectivity index is 1.88. The van der Waals surface area contributed by atoms with Crippen LogP contribution < -0.4 is 5.32 Å². The fourth-order valence-corrected chi connectivity index (χ4v) is 4.13. The number of thioether (sulfide) groups is 1. The summed E-state index contributed by atoms with van der Waals surface area (Å²) < 4.78 is 5.57. The van der Waals surface area contributed by atoms with E-state index in [1.165, 1.54) is 51.5 Å². The minimum atomic E-state index is 0.406. The maximum absolute atomic E-state index is 5.57. The largest absolute Gasteiger partial charge is 0.379 e. The second-order valence-electron chi connectivity index (χ2n) is 6.75. The molecule has 0 aromatic rings. The van der Waals surface area contributed by atoms with Crippen LogP contribution in [0.3, 0.4) is 0 Å². The third-order valence-corrected chi connectivity index (χ3v) is 6.34. The zero-order valence-electron chi connectivity index (χ0n) is 14.0. The Morgan fingerprint density at radius 3 is 2.43 bits per heavy atom. The van der Waals surface area contributed by atoms with Crippen molar-refractivity contribution < 1.29 is 4.74 Å². The Bertz CT molecular complexity index is 274. The second kappa shape index (κ2) is 9.39. The summed E-state index contributed by atoms with van der Waals surface area (Å²) >= 11 is 1.97. The van der Waals surface area contributed by atoms with Crippen LogP contribution in [0.4, 0.5) is 0 Å². The average molecular weight is 315 g/mol. The minimum absolute atomic E-state index is 0.406. The van der Waals surface area contributed by atoms with Crippen LogP contribution in [0, 0.1) is 0 Å². The van der Waals surface area contributed by atoms with E-state index >= 15 is 0 Å². The SMILES string of the molecule is CSC(C)CCNCC1(N2CCOCC2)CCCCCC1. The molecule has 2 fully saturated rings. The van der Waals surface area contributed by atoms with Gasteiger partial charge in [0.1, 0.15) is 0 Å². The average Bonchev–Trinajstić information content (AvgIpc) is 2.79. The summed E-state index contributed by atoms with van der Waals surface area (Å²) in [4.78, 5) is 2.74. The highest BCUT2D eigenvalue weighted by Gasteiger charge is 2.37. The van der Waals surface area contributed by atoms with E-state index < -0.39 is 0 Å². The predicted molar refractivity (Wildman–Crippen MR) is 93.3 cm³/mol. The van der Waals surface area contributed by atoms with Crippen molar-refractivity contribution in [3.63, 3.8) is 0 Å². The highest BCUT2D eigenvalue weighted by atomic mass is 32.2. The van der Waals surface area contributed by atoms with E-state index in [0.717, 1.165) is 38.1 Å². The van der Waals surface area contributed by atoms with E-state index in [1.807, 2.05) is 11.8 Å². The Morgan fingerprint density at radius 1 is 1.14 bits per heavy atom. The van der Waals surface area contributed by atoms with Gasteiger partial charge in [-0.15, -0.1) is 0 Å². The predicted octanol–water partition coefficient (Wildman–Crippen LogP) is 3.14. The molecule has 0 amide bonds. The summed E-state index contributed by atoms with van der Waals surface area (Å²) in [5.41, 5.74) is 0.406. The number of hydrogen-bond acceptors (Lipinski definition) is 4. The molecule has 1 atom stereocenters. The first-order chi connectivity index (χ1) is 10.3. The molecule has 1 aliphatic carbocycles. The van der Waals surface area contributed by atoms with Crippen LogP contribution >= 0.6 is 11.8 Å². The van der Waals surface area contributed by atoms with Gasteiger partial charge in [-0.2, -0.15) is 11.8 Å². The van der Waals surface area contributed by atoms with Crippen LogP contribution in [0.2, 0.25) is 0 Å². The Kier molecular flexibility index (Phi) is 7.86. The van der Waals surface area contributed by atoms with Gasteiger partial charge in [-0.05, 0) is 32.1 Å². The number of ether oxygens (including phenoxy) is 1. The fourth-order valence-electron chi connectivity index (χ4n) is 3.77. The van der Waals surface area contributed by atoms with Gasteiger partial charge in [-0.3, -0.25) is 4.90 Å². The lowest BCUT2D eigenvalue weighted by atomic mass is 9.87. The number of nitrogens with one attached hydrogen (secondary N) is 1. The highest BCUT2D eigenvalue weighted by Crippen LogP contribution is 2.32.